The highest BCUT2D eigenvalue weighted by Gasteiger charge is 2.37. The molecule has 2 aromatic carbocycles. The average Bonchev–Trinajstić information content (AvgIpc) is 3.08. The van der Waals surface area contributed by atoms with Crippen LogP contribution in [0.25, 0.3) is 5.69 Å². The van der Waals surface area contributed by atoms with Gasteiger partial charge < -0.3 is 14.8 Å². The third kappa shape index (κ3) is 3.52. The Morgan fingerprint density at radius 2 is 1.87 bits per heavy atom. The van der Waals surface area contributed by atoms with E-state index in [4.69, 9.17) is 9.47 Å². The average molecular weight is 427 g/mol. The number of hydrogen-bond donors (Lipinski definition) is 1. The number of amides is 1. The van der Waals surface area contributed by atoms with E-state index in [0.717, 1.165) is 12.1 Å². The quantitative estimate of drug-likeness (QED) is 0.627. The van der Waals surface area contributed by atoms with Gasteiger partial charge >= 0.3 is 0 Å². The van der Waals surface area contributed by atoms with Crippen LogP contribution in [0.15, 0.2) is 36.4 Å². The SMILES string of the molecule is COc1ccc(C(=O)[C@@H]2CC(=O)Nc3c2c(C)nn3-c2ccc(F)cc2F)cc1OC. The minimum Gasteiger partial charge on any atom is -0.493 e. The van der Waals surface area contributed by atoms with E-state index in [1.165, 1.54) is 25.0 Å². The minimum atomic E-state index is -0.840. The molecule has 2 heterocycles. The van der Waals surface area contributed by atoms with E-state index in [-0.39, 0.29) is 23.7 Å². The molecule has 1 aliphatic rings. The molecule has 0 saturated heterocycles. The number of fused-ring (bicyclic) bond motifs is 1. The second-order valence-corrected chi connectivity index (χ2v) is 7.09. The van der Waals surface area contributed by atoms with E-state index in [9.17, 15) is 18.4 Å². The lowest BCUT2D eigenvalue weighted by Crippen LogP contribution is -2.28. The maximum absolute atomic E-state index is 14.4. The van der Waals surface area contributed by atoms with E-state index in [1.807, 2.05) is 0 Å². The highest BCUT2D eigenvalue weighted by molar-refractivity contribution is 6.08. The number of nitrogens with zero attached hydrogens (tertiary/aromatic N) is 2. The maximum atomic E-state index is 14.4. The normalized spacial score (nSPS) is 15.3. The summed E-state index contributed by atoms with van der Waals surface area (Å²) in [5.41, 5.74) is 1.24. The Kier molecular flexibility index (Phi) is 5.18. The summed E-state index contributed by atoms with van der Waals surface area (Å²) in [6.07, 6.45) is -0.0847. The molecule has 3 aromatic rings. The van der Waals surface area contributed by atoms with Gasteiger partial charge in [-0.1, -0.05) is 0 Å². The molecule has 31 heavy (non-hydrogen) atoms. The molecule has 1 aromatic heterocycles. The number of carbonyl (C=O) groups is 2. The molecule has 0 spiro atoms. The monoisotopic (exact) mass is 427 g/mol. The van der Waals surface area contributed by atoms with Crippen LogP contribution in [0.5, 0.6) is 11.5 Å². The first kappa shape index (κ1) is 20.5. The topological polar surface area (TPSA) is 82.5 Å². The van der Waals surface area contributed by atoms with Crippen LogP contribution in [-0.2, 0) is 4.79 Å². The first-order valence-corrected chi connectivity index (χ1v) is 9.45. The fourth-order valence-electron chi connectivity index (χ4n) is 3.79. The van der Waals surface area contributed by atoms with Crippen LogP contribution in [0.2, 0.25) is 0 Å². The molecule has 0 fully saturated rings. The van der Waals surface area contributed by atoms with Crippen molar-refractivity contribution < 1.29 is 27.8 Å². The van der Waals surface area contributed by atoms with E-state index in [2.05, 4.69) is 10.4 Å². The van der Waals surface area contributed by atoms with Crippen LogP contribution >= 0.6 is 0 Å². The Labute approximate surface area is 176 Å². The molecule has 7 nitrogen and oxygen atoms in total. The van der Waals surface area contributed by atoms with Crippen molar-refractivity contribution >= 4 is 17.5 Å². The van der Waals surface area contributed by atoms with E-state index in [1.54, 1.807) is 25.1 Å². The van der Waals surface area contributed by atoms with Crippen molar-refractivity contribution in [2.45, 2.75) is 19.3 Å². The van der Waals surface area contributed by atoms with Gasteiger partial charge in [0, 0.05) is 23.6 Å². The van der Waals surface area contributed by atoms with Crippen LogP contribution in [-0.4, -0.2) is 35.7 Å². The number of rotatable bonds is 5. The zero-order chi connectivity index (χ0) is 22.3. The first-order valence-electron chi connectivity index (χ1n) is 9.45. The van der Waals surface area contributed by atoms with Gasteiger partial charge in [0.25, 0.3) is 0 Å². The number of Topliss-reactive ketones (excluding diaryl/α,β-unsaturated/α-hetero) is 1. The second-order valence-electron chi connectivity index (χ2n) is 7.09. The zero-order valence-electron chi connectivity index (χ0n) is 17.0. The smallest absolute Gasteiger partial charge is 0.226 e. The standard InChI is InChI=1S/C22H19F2N3O4/c1-11-20-14(21(29)12-4-7-17(30-2)18(8-12)31-3)10-19(28)25-22(20)27(26-11)16-6-5-13(23)9-15(16)24/h4-9,14H,10H2,1-3H3,(H,25,28)/t14-/m1/s1. The predicted octanol–water partition coefficient (Wildman–Crippen LogP) is 3.78. The number of aromatic nitrogens is 2. The number of ether oxygens (including phenoxy) is 2. The van der Waals surface area contributed by atoms with Gasteiger partial charge in [-0.15, -0.1) is 0 Å². The van der Waals surface area contributed by atoms with Crippen molar-refractivity contribution in [2.75, 3.05) is 19.5 Å². The molecule has 0 unspecified atom stereocenters. The molecule has 4 rings (SSSR count). The van der Waals surface area contributed by atoms with Gasteiger partial charge in [-0.25, -0.2) is 13.5 Å². The van der Waals surface area contributed by atoms with Crippen LogP contribution in [0.4, 0.5) is 14.6 Å². The maximum Gasteiger partial charge on any atom is 0.226 e. The molecular weight excluding hydrogens is 408 g/mol. The highest BCUT2D eigenvalue weighted by Crippen LogP contribution is 2.39. The number of nitrogens with one attached hydrogen (secondary N) is 1. The molecule has 1 aliphatic heterocycles. The molecule has 160 valence electrons. The molecule has 0 bridgehead atoms. The van der Waals surface area contributed by atoms with Crippen LogP contribution in [0.1, 0.15) is 34.0 Å². The number of aryl methyl sites for hydroxylation is 1. The van der Waals surface area contributed by atoms with E-state index in [0.29, 0.717) is 28.3 Å². The molecule has 1 amide bonds. The van der Waals surface area contributed by atoms with Gasteiger partial charge in [0.15, 0.2) is 23.1 Å². The molecular formula is C22H19F2N3O4. The summed E-state index contributed by atoms with van der Waals surface area (Å²) in [7, 11) is 2.95. The molecule has 0 saturated carbocycles. The number of halogens is 2. The molecule has 1 N–H and O–H groups in total. The van der Waals surface area contributed by atoms with Crippen LogP contribution in [0.3, 0.4) is 0 Å². The molecule has 0 radical (unpaired) electrons. The van der Waals surface area contributed by atoms with Crippen molar-refractivity contribution in [3.8, 4) is 17.2 Å². The summed E-state index contributed by atoms with van der Waals surface area (Å²) < 4.78 is 39.4. The lowest BCUT2D eigenvalue weighted by molar-refractivity contribution is -0.116. The van der Waals surface area contributed by atoms with Gasteiger partial charge in [-0.2, -0.15) is 5.10 Å². The predicted molar refractivity (Wildman–Crippen MR) is 108 cm³/mol. The van der Waals surface area contributed by atoms with Gasteiger partial charge in [0.05, 0.1) is 25.8 Å². The number of hydrogen-bond acceptors (Lipinski definition) is 5. The number of anilines is 1. The minimum absolute atomic E-state index is 0.0368. The number of ketones is 1. The lowest BCUT2D eigenvalue weighted by Gasteiger charge is -2.23. The summed E-state index contributed by atoms with van der Waals surface area (Å²) in [5, 5.41) is 6.99. The highest BCUT2D eigenvalue weighted by atomic mass is 19.1. The number of methoxy groups -OCH3 is 2. The molecule has 9 heteroatoms. The summed E-state index contributed by atoms with van der Waals surface area (Å²) in [6.45, 7) is 1.67. The van der Waals surface area contributed by atoms with Gasteiger partial charge in [-0.05, 0) is 37.3 Å². The van der Waals surface area contributed by atoms with Gasteiger partial charge in [-0.3, -0.25) is 9.59 Å². The summed E-state index contributed by atoms with van der Waals surface area (Å²) in [5.74, 6) is -2.06. The Hall–Kier alpha value is -3.75. The van der Waals surface area contributed by atoms with Gasteiger partial charge in [0.2, 0.25) is 5.91 Å². The van der Waals surface area contributed by atoms with Crippen LogP contribution < -0.4 is 14.8 Å². The molecule has 0 aliphatic carbocycles. The Morgan fingerprint density at radius 3 is 2.55 bits per heavy atom. The summed E-state index contributed by atoms with van der Waals surface area (Å²) in [4.78, 5) is 25.8. The third-order valence-corrected chi connectivity index (χ3v) is 5.22. The van der Waals surface area contributed by atoms with Crippen molar-refractivity contribution in [1.82, 2.24) is 9.78 Å². The van der Waals surface area contributed by atoms with Crippen molar-refractivity contribution in [1.29, 1.82) is 0 Å². The van der Waals surface area contributed by atoms with E-state index < -0.39 is 23.5 Å². The lowest BCUT2D eigenvalue weighted by atomic mass is 9.85. The first-order chi connectivity index (χ1) is 14.8. The fraction of sp³-hybridized carbons (Fsp3) is 0.227. The molecule has 1 atom stereocenters. The van der Waals surface area contributed by atoms with Crippen LogP contribution in [0, 0.1) is 18.6 Å². The van der Waals surface area contributed by atoms with E-state index >= 15 is 0 Å². The Bertz CT molecular complexity index is 1210. The Morgan fingerprint density at radius 1 is 1.13 bits per heavy atom. The van der Waals surface area contributed by atoms with Crippen molar-refractivity contribution in [3.05, 3.63) is 64.9 Å². The Balaban J connectivity index is 1.81. The number of benzene rings is 2. The third-order valence-electron chi connectivity index (χ3n) is 5.22. The summed E-state index contributed by atoms with van der Waals surface area (Å²) >= 11 is 0. The number of carbonyl (C=O) groups excluding carboxylic acids is 2. The fourth-order valence-corrected chi connectivity index (χ4v) is 3.79. The van der Waals surface area contributed by atoms with Crippen molar-refractivity contribution in [3.63, 3.8) is 0 Å². The summed E-state index contributed by atoms with van der Waals surface area (Å²) in [6, 6.07) is 7.81. The zero-order valence-corrected chi connectivity index (χ0v) is 17.0. The largest absolute Gasteiger partial charge is 0.493 e. The van der Waals surface area contributed by atoms with Gasteiger partial charge in [0.1, 0.15) is 17.3 Å². The second kappa shape index (κ2) is 7.82. The van der Waals surface area contributed by atoms with Crippen molar-refractivity contribution in [2.24, 2.45) is 0 Å².